The third-order valence-corrected chi connectivity index (χ3v) is 4.79. The minimum atomic E-state index is -0.859. The zero-order valence-corrected chi connectivity index (χ0v) is 15.7. The van der Waals surface area contributed by atoms with Crippen molar-refractivity contribution in [2.45, 2.75) is 26.4 Å². The predicted molar refractivity (Wildman–Crippen MR) is 102 cm³/mol. The largest absolute Gasteiger partial charge is 0.507 e. The number of benzene rings is 2. The fourth-order valence-electron chi connectivity index (χ4n) is 3.41. The van der Waals surface area contributed by atoms with Gasteiger partial charge in [-0.15, -0.1) is 0 Å². The van der Waals surface area contributed by atoms with Crippen LogP contribution < -0.4 is 0 Å². The number of nitro groups is 1. The van der Waals surface area contributed by atoms with Crippen molar-refractivity contribution in [3.63, 3.8) is 0 Å². The van der Waals surface area contributed by atoms with E-state index >= 15 is 0 Å². The van der Waals surface area contributed by atoms with Gasteiger partial charge in [-0.3, -0.25) is 10.1 Å². The van der Waals surface area contributed by atoms with Gasteiger partial charge in [0.05, 0.1) is 10.4 Å². The molecular formula is C20H21F2N3O3. The molecule has 1 aromatic heterocycles. The van der Waals surface area contributed by atoms with Gasteiger partial charge < -0.3 is 14.6 Å². The van der Waals surface area contributed by atoms with Crippen molar-refractivity contribution in [3.8, 4) is 5.75 Å². The maximum atomic E-state index is 14.2. The molecule has 0 spiro atoms. The molecule has 0 aliphatic heterocycles. The number of aromatic hydroxyl groups is 1. The number of phenolic OH excluding ortho intramolecular Hbond substituents is 1. The topological polar surface area (TPSA) is 71.5 Å². The molecule has 1 heterocycles. The first kappa shape index (κ1) is 19.8. The fourth-order valence-corrected chi connectivity index (χ4v) is 3.41. The normalized spacial score (nSPS) is 11.5. The number of phenols is 1. The van der Waals surface area contributed by atoms with Crippen LogP contribution in [-0.4, -0.2) is 33.1 Å². The van der Waals surface area contributed by atoms with Gasteiger partial charge >= 0.3 is 5.69 Å². The van der Waals surface area contributed by atoms with E-state index < -0.39 is 16.4 Å². The van der Waals surface area contributed by atoms with Crippen LogP contribution in [0.5, 0.6) is 5.75 Å². The van der Waals surface area contributed by atoms with Crippen LogP contribution in [0.3, 0.4) is 0 Å². The smallest absolute Gasteiger partial charge is 0.304 e. The van der Waals surface area contributed by atoms with Crippen LogP contribution in [0.2, 0.25) is 0 Å². The highest BCUT2D eigenvalue weighted by Gasteiger charge is 2.17. The lowest BCUT2D eigenvalue weighted by Gasteiger charge is -2.16. The van der Waals surface area contributed by atoms with Gasteiger partial charge in [-0.1, -0.05) is 6.07 Å². The van der Waals surface area contributed by atoms with Gasteiger partial charge in [-0.05, 0) is 49.7 Å². The van der Waals surface area contributed by atoms with Crippen LogP contribution >= 0.6 is 0 Å². The first-order chi connectivity index (χ1) is 13.3. The Kier molecular flexibility index (Phi) is 5.60. The molecule has 2 aromatic carbocycles. The van der Waals surface area contributed by atoms with Crippen LogP contribution in [0.4, 0.5) is 14.5 Å². The Morgan fingerprint density at radius 3 is 2.61 bits per heavy atom. The van der Waals surface area contributed by atoms with Gasteiger partial charge in [0.25, 0.3) is 0 Å². The lowest BCUT2D eigenvalue weighted by Crippen LogP contribution is -2.20. The number of aryl methyl sites for hydroxylation is 1. The zero-order valence-electron chi connectivity index (χ0n) is 15.7. The number of rotatable bonds is 7. The van der Waals surface area contributed by atoms with Crippen molar-refractivity contribution in [3.05, 3.63) is 69.4 Å². The quantitative estimate of drug-likeness (QED) is 0.485. The molecule has 0 radical (unpaired) electrons. The number of likely N-dealkylation sites (N-methyl/N-ethyl adjacent to an activating group) is 1. The highest BCUT2D eigenvalue weighted by atomic mass is 19.1. The van der Waals surface area contributed by atoms with Crippen molar-refractivity contribution in [1.82, 2.24) is 9.47 Å². The van der Waals surface area contributed by atoms with E-state index in [1.54, 1.807) is 4.57 Å². The molecule has 3 rings (SSSR count). The Balaban J connectivity index is 1.75. The Morgan fingerprint density at radius 1 is 1.21 bits per heavy atom. The molecule has 148 valence electrons. The van der Waals surface area contributed by atoms with E-state index in [0.717, 1.165) is 11.6 Å². The minimum absolute atomic E-state index is 0.0405. The number of hydrogen-bond acceptors (Lipinski definition) is 4. The molecule has 0 aliphatic rings. The second-order valence-corrected chi connectivity index (χ2v) is 6.76. The molecule has 0 saturated carbocycles. The molecule has 0 aliphatic carbocycles. The SMILES string of the molecule is CCn1cc(CCN(C)Cc2ccc([N+](=O)[O-])c(F)c2)c2c(O)ccc(F)c21. The zero-order chi connectivity index (χ0) is 20.4. The fraction of sp³-hybridized carbons (Fsp3) is 0.300. The van der Waals surface area contributed by atoms with Crippen molar-refractivity contribution in [2.24, 2.45) is 0 Å². The molecule has 0 atom stereocenters. The van der Waals surface area contributed by atoms with E-state index in [1.165, 1.54) is 24.3 Å². The number of halogens is 2. The van der Waals surface area contributed by atoms with Crippen molar-refractivity contribution in [1.29, 1.82) is 0 Å². The van der Waals surface area contributed by atoms with Gasteiger partial charge in [0.2, 0.25) is 5.82 Å². The van der Waals surface area contributed by atoms with Crippen LogP contribution in [-0.2, 0) is 19.5 Å². The van der Waals surface area contributed by atoms with Crippen LogP contribution in [0.25, 0.3) is 10.9 Å². The third-order valence-electron chi connectivity index (χ3n) is 4.79. The van der Waals surface area contributed by atoms with Gasteiger partial charge in [0.1, 0.15) is 11.6 Å². The summed E-state index contributed by atoms with van der Waals surface area (Å²) in [6, 6.07) is 6.46. The first-order valence-corrected chi connectivity index (χ1v) is 8.92. The number of aromatic nitrogens is 1. The van der Waals surface area contributed by atoms with Crippen LogP contribution in [0, 0.1) is 21.7 Å². The molecule has 3 aromatic rings. The average Bonchev–Trinajstić information content (AvgIpc) is 3.03. The van der Waals surface area contributed by atoms with Crippen molar-refractivity contribution < 1.29 is 18.8 Å². The van der Waals surface area contributed by atoms with E-state index in [4.69, 9.17) is 0 Å². The molecule has 0 unspecified atom stereocenters. The standard InChI is InChI=1S/C20H21F2N3O3/c1-3-24-12-14(19-18(26)7-5-15(21)20(19)24)8-9-23(2)11-13-4-6-17(25(27)28)16(22)10-13/h4-7,10,12,26H,3,8-9,11H2,1-2H3. The predicted octanol–water partition coefficient (Wildman–Crippen LogP) is 4.23. The molecule has 28 heavy (non-hydrogen) atoms. The summed E-state index contributed by atoms with van der Waals surface area (Å²) in [5.41, 5.74) is 1.29. The molecule has 0 saturated heterocycles. The van der Waals surface area contributed by atoms with E-state index in [9.17, 15) is 24.0 Å². The van der Waals surface area contributed by atoms with Gasteiger partial charge in [-0.25, -0.2) is 4.39 Å². The van der Waals surface area contributed by atoms with Gasteiger partial charge in [0.15, 0.2) is 0 Å². The Bertz CT molecular complexity index is 1030. The molecule has 0 amide bonds. The monoisotopic (exact) mass is 389 g/mol. The van der Waals surface area contributed by atoms with E-state index in [-0.39, 0.29) is 11.6 Å². The number of hydrogen-bond donors (Lipinski definition) is 1. The lowest BCUT2D eigenvalue weighted by atomic mass is 10.1. The second-order valence-electron chi connectivity index (χ2n) is 6.76. The average molecular weight is 389 g/mol. The highest BCUT2D eigenvalue weighted by Crippen LogP contribution is 2.32. The number of nitro benzene ring substituents is 1. The maximum Gasteiger partial charge on any atom is 0.304 e. The second kappa shape index (κ2) is 7.93. The Morgan fingerprint density at radius 2 is 1.96 bits per heavy atom. The summed E-state index contributed by atoms with van der Waals surface area (Å²) < 4.78 is 29.8. The number of nitrogens with zero attached hydrogens (tertiary/aromatic N) is 3. The lowest BCUT2D eigenvalue weighted by molar-refractivity contribution is -0.387. The third kappa shape index (κ3) is 3.82. The summed E-state index contributed by atoms with van der Waals surface area (Å²) in [7, 11) is 1.85. The summed E-state index contributed by atoms with van der Waals surface area (Å²) in [5, 5.41) is 21.4. The Labute approximate surface area is 160 Å². The minimum Gasteiger partial charge on any atom is -0.507 e. The molecule has 0 bridgehead atoms. The van der Waals surface area contributed by atoms with Gasteiger partial charge in [0, 0.05) is 37.3 Å². The molecule has 6 nitrogen and oxygen atoms in total. The summed E-state index contributed by atoms with van der Waals surface area (Å²) in [6.45, 7) is 3.47. The highest BCUT2D eigenvalue weighted by molar-refractivity contribution is 5.90. The molecule has 1 N–H and O–H groups in total. The first-order valence-electron chi connectivity index (χ1n) is 8.92. The van der Waals surface area contributed by atoms with Crippen molar-refractivity contribution in [2.75, 3.05) is 13.6 Å². The van der Waals surface area contributed by atoms with E-state index in [0.29, 0.717) is 42.5 Å². The summed E-state index contributed by atoms with van der Waals surface area (Å²) >= 11 is 0. The summed E-state index contributed by atoms with van der Waals surface area (Å²) in [5.74, 6) is -1.20. The molecule has 8 heteroatoms. The van der Waals surface area contributed by atoms with Crippen LogP contribution in [0.1, 0.15) is 18.1 Å². The molecule has 0 fully saturated rings. The maximum absolute atomic E-state index is 14.2. The van der Waals surface area contributed by atoms with Crippen LogP contribution in [0.15, 0.2) is 36.5 Å². The van der Waals surface area contributed by atoms with Gasteiger partial charge in [-0.2, -0.15) is 4.39 Å². The number of fused-ring (bicyclic) bond motifs is 1. The van der Waals surface area contributed by atoms with Crippen molar-refractivity contribution >= 4 is 16.6 Å². The summed E-state index contributed by atoms with van der Waals surface area (Å²) in [4.78, 5) is 11.9. The van der Waals surface area contributed by atoms with E-state index in [1.807, 2.05) is 25.1 Å². The summed E-state index contributed by atoms with van der Waals surface area (Å²) in [6.07, 6.45) is 2.40. The Hall–Kier alpha value is -3.00. The molecular weight excluding hydrogens is 368 g/mol. The van der Waals surface area contributed by atoms with E-state index in [2.05, 4.69) is 0 Å².